The van der Waals surface area contributed by atoms with Gasteiger partial charge < -0.3 is 21.5 Å². The summed E-state index contributed by atoms with van der Waals surface area (Å²) in [6.07, 6.45) is 0. The van der Waals surface area contributed by atoms with Crippen LogP contribution in [0.25, 0.3) is 86.2 Å². The molecule has 11 heteroatoms. The molecule has 0 aliphatic carbocycles. The zero-order valence-electron chi connectivity index (χ0n) is 36.0. The van der Waals surface area contributed by atoms with Gasteiger partial charge in [0.2, 0.25) is 0 Å². The fourth-order valence-electron chi connectivity index (χ4n) is 8.52. The smallest absolute Gasteiger partial charge is 0.352 e. The van der Waals surface area contributed by atoms with Crippen LogP contribution in [0, 0.1) is 0 Å². The van der Waals surface area contributed by atoms with E-state index in [1.54, 1.807) is 48.5 Å². The fourth-order valence-corrected chi connectivity index (χ4v) is 10.0. The van der Waals surface area contributed by atoms with Crippen molar-refractivity contribution in [3.05, 3.63) is 218 Å². The molecular formula is C57H38O9S2. The SMILES string of the molecule is C=O.O=S(=O)(Oc1cccc2cc3ccccc3cc12)Oc1cccc2cc3ccccc3cc12.O=S(=O)(Oc1cccc2cc3ccccc3cc12)Oc1cccc2cc3ccccc3cc12. The summed E-state index contributed by atoms with van der Waals surface area (Å²) in [6, 6.07) is 68.8. The van der Waals surface area contributed by atoms with Crippen molar-refractivity contribution in [3.8, 4) is 23.0 Å². The van der Waals surface area contributed by atoms with Gasteiger partial charge in [-0.2, -0.15) is 0 Å². The van der Waals surface area contributed by atoms with E-state index in [2.05, 4.69) is 0 Å². The molecule has 0 saturated carbocycles. The van der Waals surface area contributed by atoms with Gasteiger partial charge in [-0.05, 0) is 137 Å². The van der Waals surface area contributed by atoms with Crippen LogP contribution in [0.5, 0.6) is 23.0 Å². The molecule has 0 aliphatic heterocycles. The molecule has 0 bridgehead atoms. The fraction of sp³-hybridized carbons (Fsp3) is 0. The highest BCUT2D eigenvalue weighted by Gasteiger charge is 2.21. The predicted octanol–water partition coefficient (Wildman–Crippen LogP) is 13.8. The first-order chi connectivity index (χ1) is 33.1. The van der Waals surface area contributed by atoms with Gasteiger partial charge in [-0.15, -0.1) is 16.8 Å². The molecule has 12 aromatic rings. The third kappa shape index (κ3) is 8.91. The molecule has 0 fully saturated rings. The van der Waals surface area contributed by atoms with Gasteiger partial charge in [0.15, 0.2) is 23.0 Å². The minimum Gasteiger partial charge on any atom is -0.352 e. The lowest BCUT2D eigenvalue weighted by Gasteiger charge is -2.12. The molecule has 9 nitrogen and oxygen atoms in total. The van der Waals surface area contributed by atoms with E-state index in [4.69, 9.17) is 21.5 Å². The van der Waals surface area contributed by atoms with Gasteiger partial charge in [0.05, 0.1) is 0 Å². The van der Waals surface area contributed by atoms with Gasteiger partial charge in [-0.3, -0.25) is 0 Å². The first kappa shape index (κ1) is 43.4. The Morgan fingerprint density at radius 2 is 0.412 bits per heavy atom. The maximum atomic E-state index is 12.9. The van der Waals surface area contributed by atoms with Gasteiger partial charge in [0.1, 0.15) is 6.79 Å². The van der Waals surface area contributed by atoms with Crippen molar-refractivity contribution in [2.24, 2.45) is 0 Å². The van der Waals surface area contributed by atoms with E-state index in [0.717, 1.165) is 64.6 Å². The topological polar surface area (TPSA) is 122 Å². The first-order valence-electron chi connectivity index (χ1n) is 21.3. The van der Waals surface area contributed by atoms with Crippen molar-refractivity contribution in [3.63, 3.8) is 0 Å². The molecular weight excluding hydrogens is 893 g/mol. The summed E-state index contributed by atoms with van der Waals surface area (Å²) in [6.45, 7) is 2.00. The molecule has 0 aliphatic rings. The Hall–Kier alpha value is -8.51. The summed E-state index contributed by atoms with van der Waals surface area (Å²) in [5.74, 6) is 0.903. The van der Waals surface area contributed by atoms with E-state index in [0.29, 0.717) is 21.5 Å². The van der Waals surface area contributed by atoms with Gasteiger partial charge >= 0.3 is 20.8 Å². The molecule has 12 rings (SSSR count). The Morgan fingerprint density at radius 1 is 0.235 bits per heavy atom. The average molecular weight is 931 g/mol. The quantitative estimate of drug-likeness (QED) is 0.137. The second kappa shape index (κ2) is 18.0. The monoisotopic (exact) mass is 930 g/mol. The van der Waals surface area contributed by atoms with Crippen LogP contribution in [0.1, 0.15) is 0 Å². The van der Waals surface area contributed by atoms with Crippen LogP contribution in [0.3, 0.4) is 0 Å². The highest BCUT2D eigenvalue weighted by Crippen LogP contribution is 2.36. The molecule has 0 radical (unpaired) electrons. The molecule has 0 spiro atoms. The van der Waals surface area contributed by atoms with Crippen molar-refractivity contribution in [1.82, 2.24) is 0 Å². The van der Waals surface area contributed by atoms with E-state index in [1.807, 2.05) is 177 Å². The lowest BCUT2D eigenvalue weighted by atomic mass is 10.0. The van der Waals surface area contributed by atoms with Crippen LogP contribution in [-0.4, -0.2) is 23.6 Å². The number of hydrogen-bond donors (Lipinski definition) is 0. The van der Waals surface area contributed by atoms with E-state index >= 15 is 0 Å². The predicted molar refractivity (Wildman–Crippen MR) is 273 cm³/mol. The molecule has 0 amide bonds. The molecule has 0 unspecified atom stereocenters. The number of rotatable bonds is 8. The molecule has 0 saturated heterocycles. The Bertz CT molecular complexity index is 3610. The molecule has 0 aromatic heterocycles. The van der Waals surface area contributed by atoms with Crippen molar-refractivity contribution < 1.29 is 38.4 Å². The van der Waals surface area contributed by atoms with E-state index in [-0.39, 0.29) is 23.0 Å². The van der Waals surface area contributed by atoms with Crippen LogP contribution in [-0.2, 0) is 25.6 Å². The van der Waals surface area contributed by atoms with Crippen LogP contribution in [0.15, 0.2) is 218 Å². The average Bonchev–Trinajstić information content (AvgIpc) is 3.35. The molecule has 12 aromatic carbocycles. The second-order valence-electron chi connectivity index (χ2n) is 15.9. The minimum absolute atomic E-state index is 0.226. The Morgan fingerprint density at radius 3 is 0.618 bits per heavy atom. The van der Waals surface area contributed by atoms with Crippen LogP contribution >= 0.6 is 0 Å². The normalized spacial score (nSPS) is 11.6. The minimum atomic E-state index is -4.38. The van der Waals surface area contributed by atoms with Crippen LogP contribution in [0.2, 0.25) is 0 Å². The lowest BCUT2D eigenvalue weighted by Crippen LogP contribution is -2.16. The number of fused-ring (bicyclic) bond motifs is 8. The molecule has 0 atom stereocenters. The van der Waals surface area contributed by atoms with Crippen molar-refractivity contribution >= 4 is 114 Å². The zero-order valence-corrected chi connectivity index (χ0v) is 37.6. The lowest BCUT2D eigenvalue weighted by molar-refractivity contribution is -0.0980. The summed E-state index contributed by atoms with van der Waals surface area (Å²) in [4.78, 5) is 8.00. The van der Waals surface area contributed by atoms with Crippen LogP contribution < -0.4 is 16.7 Å². The molecule has 0 N–H and O–H groups in total. The summed E-state index contributed by atoms with van der Waals surface area (Å²) in [5.41, 5.74) is 0. The Labute approximate surface area is 391 Å². The van der Waals surface area contributed by atoms with Gasteiger partial charge in [0, 0.05) is 21.5 Å². The number of benzene rings is 12. The van der Waals surface area contributed by atoms with Gasteiger partial charge in [-0.1, -0.05) is 146 Å². The highest BCUT2D eigenvalue weighted by atomic mass is 32.3. The maximum absolute atomic E-state index is 12.9. The summed E-state index contributed by atoms with van der Waals surface area (Å²) in [5, 5.41) is 14.6. The molecule has 332 valence electrons. The molecule has 0 heterocycles. The Balaban J connectivity index is 0.000000153. The summed E-state index contributed by atoms with van der Waals surface area (Å²) in [7, 11) is -8.75. The third-order valence-electron chi connectivity index (χ3n) is 11.6. The Kier molecular flexibility index (Phi) is 11.5. The van der Waals surface area contributed by atoms with E-state index in [1.165, 1.54) is 0 Å². The zero-order chi connectivity index (χ0) is 46.8. The highest BCUT2D eigenvalue weighted by molar-refractivity contribution is 7.82. The second-order valence-corrected chi connectivity index (χ2v) is 18.2. The maximum Gasteiger partial charge on any atom is 0.501 e. The number of carbonyl (C=O) groups is 1. The van der Waals surface area contributed by atoms with Crippen molar-refractivity contribution in [2.75, 3.05) is 0 Å². The van der Waals surface area contributed by atoms with E-state index < -0.39 is 20.8 Å². The van der Waals surface area contributed by atoms with Crippen molar-refractivity contribution in [2.45, 2.75) is 0 Å². The summed E-state index contributed by atoms with van der Waals surface area (Å²) < 4.78 is 73.6. The van der Waals surface area contributed by atoms with E-state index in [9.17, 15) is 16.8 Å². The first-order valence-corrected chi connectivity index (χ1v) is 24.0. The van der Waals surface area contributed by atoms with Crippen LogP contribution in [0.4, 0.5) is 0 Å². The third-order valence-corrected chi connectivity index (χ3v) is 13.1. The standard InChI is InChI=1S/2C28H18O4S.CH2O/c2*29-33(30,31-27-13-5-11-23-15-19-7-1-3-9-21(19)17-25(23)27)32-28-14-6-12-24-16-20-8-2-4-10-22(20)18-26(24)28;1-2/h2*1-18H;1H2. The van der Waals surface area contributed by atoms with Gasteiger partial charge in [-0.25, -0.2) is 0 Å². The largest absolute Gasteiger partial charge is 0.501 e. The summed E-state index contributed by atoms with van der Waals surface area (Å²) >= 11 is 0. The van der Waals surface area contributed by atoms with Gasteiger partial charge in [0.25, 0.3) is 0 Å². The number of hydrogen-bond acceptors (Lipinski definition) is 9. The molecule has 68 heavy (non-hydrogen) atoms. The van der Waals surface area contributed by atoms with Crippen molar-refractivity contribution in [1.29, 1.82) is 0 Å². The number of carbonyl (C=O) groups excluding carboxylic acids is 1.